The molecule has 0 atom stereocenters. The Morgan fingerprint density at radius 1 is 0.966 bits per heavy atom. The van der Waals surface area contributed by atoms with Crippen molar-refractivity contribution in [3.63, 3.8) is 0 Å². The molecule has 2 aromatic heterocycles. The van der Waals surface area contributed by atoms with Crippen molar-refractivity contribution < 1.29 is 9.50 Å². The van der Waals surface area contributed by atoms with Crippen LogP contribution in [-0.4, -0.2) is 15.1 Å². The van der Waals surface area contributed by atoms with Crippen molar-refractivity contribution >= 4 is 11.0 Å². The molecule has 4 rings (SSSR count). The zero-order chi connectivity index (χ0) is 20.6. The number of aromatic nitrogens is 2. The summed E-state index contributed by atoms with van der Waals surface area (Å²) in [5.74, 6) is -0.534. The molecule has 0 radical (unpaired) electrons. The summed E-state index contributed by atoms with van der Waals surface area (Å²) in [6.45, 7) is 3.36. The summed E-state index contributed by atoms with van der Waals surface area (Å²) in [7, 11) is 0. The molecule has 0 aliphatic carbocycles. The van der Waals surface area contributed by atoms with E-state index in [2.05, 4.69) is 9.97 Å². The second-order valence-corrected chi connectivity index (χ2v) is 7.34. The third kappa shape index (κ3) is 3.46. The highest BCUT2D eigenvalue weighted by atomic mass is 19.1. The Labute approximate surface area is 167 Å². The molecule has 0 fully saturated rings. The van der Waals surface area contributed by atoms with Gasteiger partial charge in [-0.05, 0) is 60.9 Å². The molecule has 0 saturated heterocycles. The van der Waals surface area contributed by atoms with Crippen LogP contribution in [0.4, 0.5) is 4.39 Å². The molecule has 4 nitrogen and oxygen atoms in total. The van der Waals surface area contributed by atoms with Gasteiger partial charge in [0.25, 0.3) is 0 Å². The Morgan fingerprint density at radius 2 is 1.69 bits per heavy atom. The number of halogens is 1. The van der Waals surface area contributed by atoms with E-state index in [-0.39, 0.29) is 5.56 Å². The van der Waals surface area contributed by atoms with E-state index in [0.29, 0.717) is 16.9 Å². The summed E-state index contributed by atoms with van der Waals surface area (Å²) in [6.07, 6.45) is 1.67. The van der Waals surface area contributed by atoms with E-state index in [1.54, 1.807) is 38.2 Å². The average Bonchev–Trinajstić information content (AvgIpc) is 2.72. The highest BCUT2D eigenvalue weighted by molar-refractivity contribution is 5.93. The van der Waals surface area contributed by atoms with E-state index in [4.69, 9.17) is 0 Å². The number of benzene rings is 2. The van der Waals surface area contributed by atoms with E-state index < -0.39 is 11.4 Å². The summed E-state index contributed by atoms with van der Waals surface area (Å²) < 4.78 is 14.0. The van der Waals surface area contributed by atoms with Gasteiger partial charge in [-0.15, -0.1) is 0 Å². The molecule has 0 aliphatic rings. The predicted octanol–water partition coefficient (Wildman–Crippen LogP) is 5.20. The van der Waals surface area contributed by atoms with E-state index in [1.807, 2.05) is 42.5 Å². The Balaban J connectivity index is 1.87. The molecule has 0 spiro atoms. The molecule has 29 heavy (non-hydrogen) atoms. The van der Waals surface area contributed by atoms with Crippen LogP contribution in [0.15, 0.2) is 66.9 Å². The molecule has 0 amide bonds. The van der Waals surface area contributed by atoms with Gasteiger partial charge in [-0.25, -0.2) is 14.4 Å². The van der Waals surface area contributed by atoms with Crippen molar-refractivity contribution in [2.45, 2.75) is 19.4 Å². The maximum absolute atomic E-state index is 14.0. The number of pyridine rings is 2. The number of aliphatic hydroxyl groups is 1. The van der Waals surface area contributed by atoms with Crippen molar-refractivity contribution in [3.05, 3.63) is 83.9 Å². The number of hydrogen-bond acceptors (Lipinski definition) is 4. The Morgan fingerprint density at radius 3 is 2.41 bits per heavy atom. The SMILES string of the molecule is CC(C)(O)c1ccc2c(-c3cccc(-c4cccc(F)c4C#N)c3)ccnc2n1. The lowest BCUT2D eigenvalue weighted by molar-refractivity contribution is 0.0742. The standard InChI is InChI=1S/C24H18FN3O/c1-24(2,29)22-10-9-19-18(11-12-27-23(19)28-22)16-6-3-5-15(13-16)17-7-4-8-21(25)20(17)14-26/h3-13,29H,1-2H3. The van der Waals surface area contributed by atoms with Gasteiger partial charge in [-0.2, -0.15) is 5.26 Å². The zero-order valence-corrected chi connectivity index (χ0v) is 16.0. The smallest absolute Gasteiger partial charge is 0.160 e. The first-order valence-electron chi connectivity index (χ1n) is 9.16. The third-order valence-electron chi connectivity index (χ3n) is 4.84. The summed E-state index contributed by atoms with van der Waals surface area (Å²) in [5, 5.41) is 20.4. The van der Waals surface area contributed by atoms with Crippen LogP contribution in [0.2, 0.25) is 0 Å². The Bertz CT molecular complexity index is 1270. The summed E-state index contributed by atoms with van der Waals surface area (Å²) in [6, 6.07) is 19.8. The largest absolute Gasteiger partial charge is 0.384 e. The monoisotopic (exact) mass is 383 g/mol. The number of rotatable bonds is 3. The quantitative estimate of drug-likeness (QED) is 0.528. The molecule has 0 saturated carbocycles. The average molecular weight is 383 g/mol. The number of nitrogens with zero attached hydrogens (tertiary/aromatic N) is 3. The molecule has 0 bridgehead atoms. The third-order valence-corrected chi connectivity index (χ3v) is 4.84. The van der Waals surface area contributed by atoms with Gasteiger partial charge < -0.3 is 5.11 Å². The van der Waals surface area contributed by atoms with E-state index in [0.717, 1.165) is 22.1 Å². The maximum atomic E-state index is 14.0. The lowest BCUT2D eigenvalue weighted by atomic mass is 9.95. The van der Waals surface area contributed by atoms with Crippen LogP contribution in [0.5, 0.6) is 0 Å². The van der Waals surface area contributed by atoms with Crippen LogP contribution in [0.3, 0.4) is 0 Å². The van der Waals surface area contributed by atoms with E-state index in [9.17, 15) is 14.8 Å². The van der Waals surface area contributed by atoms with Crippen LogP contribution in [0, 0.1) is 17.1 Å². The molecule has 4 aromatic rings. The second kappa shape index (κ2) is 7.08. The van der Waals surface area contributed by atoms with E-state index in [1.165, 1.54) is 6.07 Å². The first-order chi connectivity index (χ1) is 13.9. The van der Waals surface area contributed by atoms with Crippen LogP contribution in [0.25, 0.3) is 33.3 Å². The van der Waals surface area contributed by atoms with Gasteiger partial charge in [-0.1, -0.05) is 30.3 Å². The minimum atomic E-state index is -1.06. The van der Waals surface area contributed by atoms with Crippen LogP contribution < -0.4 is 0 Å². The molecule has 0 unspecified atom stereocenters. The lowest BCUT2D eigenvalue weighted by Crippen LogP contribution is -2.17. The van der Waals surface area contributed by atoms with Gasteiger partial charge >= 0.3 is 0 Å². The number of fused-ring (bicyclic) bond motifs is 1. The molecule has 2 aromatic carbocycles. The Hall–Kier alpha value is -3.62. The van der Waals surface area contributed by atoms with Gasteiger partial charge in [0.2, 0.25) is 0 Å². The lowest BCUT2D eigenvalue weighted by Gasteiger charge is -2.17. The van der Waals surface area contributed by atoms with Crippen molar-refractivity contribution in [3.8, 4) is 28.3 Å². The second-order valence-electron chi connectivity index (χ2n) is 7.34. The zero-order valence-electron chi connectivity index (χ0n) is 16.0. The highest BCUT2D eigenvalue weighted by Gasteiger charge is 2.19. The van der Waals surface area contributed by atoms with Gasteiger partial charge in [0.05, 0.1) is 11.3 Å². The summed E-state index contributed by atoms with van der Waals surface area (Å²) in [4.78, 5) is 8.84. The van der Waals surface area contributed by atoms with Crippen LogP contribution >= 0.6 is 0 Å². The molecule has 1 N–H and O–H groups in total. The van der Waals surface area contributed by atoms with Gasteiger partial charge in [0.1, 0.15) is 17.5 Å². The molecule has 0 aliphatic heterocycles. The first-order valence-corrected chi connectivity index (χ1v) is 9.16. The minimum Gasteiger partial charge on any atom is -0.384 e. The fourth-order valence-electron chi connectivity index (χ4n) is 3.35. The van der Waals surface area contributed by atoms with E-state index >= 15 is 0 Å². The van der Waals surface area contributed by atoms with Gasteiger partial charge in [-0.3, -0.25) is 0 Å². The minimum absolute atomic E-state index is 0.0284. The first kappa shape index (κ1) is 18.7. The van der Waals surface area contributed by atoms with Gasteiger partial charge in [0, 0.05) is 17.1 Å². The topological polar surface area (TPSA) is 69.8 Å². The molecule has 2 heterocycles. The maximum Gasteiger partial charge on any atom is 0.160 e. The van der Waals surface area contributed by atoms with Gasteiger partial charge in [0.15, 0.2) is 5.65 Å². The van der Waals surface area contributed by atoms with Crippen LogP contribution in [-0.2, 0) is 5.60 Å². The molecule has 142 valence electrons. The predicted molar refractivity (Wildman–Crippen MR) is 110 cm³/mol. The molecular formula is C24H18FN3O. The summed E-state index contributed by atoms with van der Waals surface area (Å²) in [5.41, 5.74) is 3.18. The number of nitriles is 1. The molecular weight excluding hydrogens is 365 g/mol. The number of hydrogen-bond donors (Lipinski definition) is 1. The fourth-order valence-corrected chi connectivity index (χ4v) is 3.35. The normalized spacial score (nSPS) is 11.4. The Kier molecular flexibility index (Phi) is 4.57. The van der Waals surface area contributed by atoms with Crippen molar-refractivity contribution in [1.82, 2.24) is 9.97 Å². The summed E-state index contributed by atoms with van der Waals surface area (Å²) >= 11 is 0. The van der Waals surface area contributed by atoms with Crippen molar-refractivity contribution in [2.75, 3.05) is 0 Å². The highest BCUT2D eigenvalue weighted by Crippen LogP contribution is 2.33. The molecule has 5 heteroatoms. The van der Waals surface area contributed by atoms with Crippen LogP contribution in [0.1, 0.15) is 25.1 Å². The fraction of sp³-hybridized carbons (Fsp3) is 0.125. The van der Waals surface area contributed by atoms with Crippen molar-refractivity contribution in [2.24, 2.45) is 0 Å². The van der Waals surface area contributed by atoms with Crippen molar-refractivity contribution in [1.29, 1.82) is 5.26 Å².